The van der Waals surface area contributed by atoms with E-state index < -0.39 is 0 Å². The molecule has 2 N–H and O–H groups in total. The summed E-state index contributed by atoms with van der Waals surface area (Å²) >= 11 is 1.83. The van der Waals surface area contributed by atoms with Crippen LogP contribution < -0.4 is 5.73 Å². The zero-order valence-electron chi connectivity index (χ0n) is 8.92. The van der Waals surface area contributed by atoms with E-state index in [-0.39, 0.29) is 6.10 Å². The highest BCUT2D eigenvalue weighted by atomic mass is 32.2. The van der Waals surface area contributed by atoms with Gasteiger partial charge in [0, 0.05) is 18.1 Å². The Labute approximate surface area is 97.9 Å². The van der Waals surface area contributed by atoms with Crippen LogP contribution in [0.15, 0.2) is 4.52 Å². The second kappa shape index (κ2) is 6.19. The van der Waals surface area contributed by atoms with Crippen LogP contribution in [0.1, 0.15) is 17.8 Å². The fourth-order valence-electron chi connectivity index (χ4n) is 1.34. The summed E-state index contributed by atoms with van der Waals surface area (Å²) in [6.45, 7) is 2.03. The Bertz CT molecular complexity index is 315. The van der Waals surface area contributed by atoms with E-state index in [1.165, 1.54) is 0 Å². The summed E-state index contributed by atoms with van der Waals surface area (Å²) in [6, 6.07) is 0. The first-order valence-electron chi connectivity index (χ1n) is 5.20. The zero-order chi connectivity index (χ0) is 11.2. The summed E-state index contributed by atoms with van der Waals surface area (Å²) < 4.78 is 15.8. The molecule has 1 unspecified atom stereocenters. The highest BCUT2D eigenvalue weighted by molar-refractivity contribution is 7.99. The maximum absolute atomic E-state index is 5.54. The van der Waals surface area contributed by atoms with E-state index in [2.05, 4.69) is 10.1 Å². The predicted octanol–water partition coefficient (Wildman–Crippen LogP) is 0.349. The molecule has 1 fully saturated rings. The summed E-state index contributed by atoms with van der Waals surface area (Å²) in [5, 5.41) is 3.88. The number of ether oxygens (including phenoxy) is 2. The van der Waals surface area contributed by atoms with E-state index in [1.807, 2.05) is 11.8 Å². The minimum absolute atomic E-state index is 0.0502. The van der Waals surface area contributed by atoms with Gasteiger partial charge in [0.05, 0.1) is 13.2 Å². The Balaban J connectivity index is 1.85. The predicted molar refractivity (Wildman–Crippen MR) is 59.0 cm³/mol. The molecule has 1 aliphatic rings. The van der Waals surface area contributed by atoms with E-state index in [0.717, 1.165) is 18.1 Å². The standard InChI is InChI=1S/C9H15N3O3S/c10-1-2-13-5-8-11-9(12-15-8)7-6-16-4-3-14-7/h7H,1-6,10H2. The molecular formula is C9H15N3O3S. The molecule has 90 valence electrons. The van der Waals surface area contributed by atoms with Gasteiger partial charge in [-0.3, -0.25) is 0 Å². The van der Waals surface area contributed by atoms with Gasteiger partial charge in [-0.05, 0) is 0 Å². The highest BCUT2D eigenvalue weighted by Gasteiger charge is 2.21. The van der Waals surface area contributed by atoms with Crippen molar-refractivity contribution in [3.8, 4) is 0 Å². The van der Waals surface area contributed by atoms with Gasteiger partial charge in [0.2, 0.25) is 5.82 Å². The van der Waals surface area contributed by atoms with Gasteiger partial charge in [-0.2, -0.15) is 16.7 Å². The van der Waals surface area contributed by atoms with Gasteiger partial charge in [-0.15, -0.1) is 0 Å². The molecule has 1 saturated heterocycles. The smallest absolute Gasteiger partial charge is 0.252 e. The van der Waals surface area contributed by atoms with Crippen LogP contribution in [0.4, 0.5) is 0 Å². The van der Waals surface area contributed by atoms with Crippen LogP contribution in [0.2, 0.25) is 0 Å². The normalized spacial score (nSPS) is 21.2. The average Bonchev–Trinajstić information content (AvgIpc) is 2.79. The minimum atomic E-state index is -0.0502. The van der Waals surface area contributed by atoms with Crippen molar-refractivity contribution in [2.75, 3.05) is 31.3 Å². The molecule has 0 amide bonds. The van der Waals surface area contributed by atoms with Crippen molar-refractivity contribution in [3.63, 3.8) is 0 Å². The first-order valence-corrected chi connectivity index (χ1v) is 6.35. The number of nitrogens with two attached hydrogens (primary N) is 1. The lowest BCUT2D eigenvalue weighted by molar-refractivity contribution is 0.0676. The molecule has 0 bridgehead atoms. The summed E-state index contributed by atoms with van der Waals surface area (Å²) in [7, 11) is 0. The fraction of sp³-hybridized carbons (Fsp3) is 0.778. The van der Waals surface area contributed by atoms with Gasteiger partial charge in [-0.25, -0.2) is 0 Å². The monoisotopic (exact) mass is 245 g/mol. The number of aromatic nitrogens is 2. The van der Waals surface area contributed by atoms with E-state index in [4.69, 9.17) is 19.7 Å². The van der Waals surface area contributed by atoms with E-state index in [0.29, 0.717) is 31.5 Å². The second-order valence-electron chi connectivity index (χ2n) is 3.32. The molecule has 7 heteroatoms. The molecule has 0 radical (unpaired) electrons. The number of thioether (sulfide) groups is 1. The van der Waals surface area contributed by atoms with Crippen molar-refractivity contribution in [2.45, 2.75) is 12.7 Å². The van der Waals surface area contributed by atoms with Gasteiger partial charge in [0.1, 0.15) is 12.7 Å². The molecule has 2 rings (SSSR count). The molecule has 0 saturated carbocycles. The largest absolute Gasteiger partial charge is 0.370 e. The van der Waals surface area contributed by atoms with Crippen LogP contribution in [0.3, 0.4) is 0 Å². The molecule has 2 heterocycles. The van der Waals surface area contributed by atoms with Gasteiger partial charge in [-0.1, -0.05) is 5.16 Å². The molecular weight excluding hydrogens is 230 g/mol. The van der Waals surface area contributed by atoms with Crippen molar-refractivity contribution in [2.24, 2.45) is 5.73 Å². The van der Waals surface area contributed by atoms with Crippen LogP contribution in [-0.2, 0) is 16.1 Å². The van der Waals surface area contributed by atoms with E-state index in [9.17, 15) is 0 Å². The molecule has 0 aliphatic carbocycles. The molecule has 1 atom stereocenters. The number of rotatable bonds is 5. The van der Waals surface area contributed by atoms with Crippen LogP contribution in [-0.4, -0.2) is 41.4 Å². The first-order chi connectivity index (χ1) is 7.90. The topological polar surface area (TPSA) is 83.4 Å². The van der Waals surface area contributed by atoms with Crippen molar-refractivity contribution >= 4 is 11.8 Å². The van der Waals surface area contributed by atoms with E-state index >= 15 is 0 Å². The van der Waals surface area contributed by atoms with Crippen LogP contribution in [0, 0.1) is 0 Å². The maximum atomic E-state index is 5.54. The lowest BCUT2D eigenvalue weighted by Crippen LogP contribution is -2.16. The van der Waals surface area contributed by atoms with Crippen LogP contribution in [0.25, 0.3) is 0 Å². The van der Waals surface area contributed by atoms with Gasteiger partial charge < -0.3 is 19.7 Å². The minimum Gasteiger partial charge on any atom is -0.370 e. The van der Waals surface area contributed by atoms with Crippen molar-refractivity contribution in [1.29, 1.82) is 0 Å². The third-order valence-corrected chi connectivity index (χ3v) is 3.07. The molecule has 6 nitrogen and oxygen atoms in total. The zero-order valence-corrected chi connectivity index (χ0v) is 9.74. The van der Waals surface area contributed by atoms with Crippen LogP contribution >= 0.6 is 11.8 Å². The summed E-state index contributed by atoms with van der Waals surface area (Å²) in [4.78, 5) is 4.22. The van der Waals surface area contributed by atoms with Crippen molar-refractivity contribution < 1.29 is 14.0 Å². The third kappa shape index (κ3) is 3.18. The van der Waals surface area contributed by atoms with Gasteiger partial charge >= 0.3 is 0 Å². The van der Waals surface area contributed by atoms with Crippen molar-refractivity contribution in [3.05, 3.63) is 11.7 Å². The lowest BCUT2D eigenvalue weighted by atomic mass is 10.4. The highest BCUT2D eigenvalue weighted by Crippen LogP contribution is 2.24. The SMILES string of the molecule is NCCOCc1nc(C2CSCCO2)no1. The molecule has 1 aromatic heterocycles. The quantitative estimate of drug-likeness (QED) is 0.749. The number of hydrogen-bond donors (Lipinski definition) is 1. The Morgan fingerprint density at radius 2 is 2.50 bits per heavy atom. The summed E-state index contributed by atoms with van der Waals surface area (Å²) in [5.41, 5.74) is 5.30. The first kappa shape index (κ1) is 11.8. The summed E-state index contributed by atoms with van der Waals surface area (Å²) in [5.74, 6) is 2.99. The Hall–Kier alpha value is -0.630. The van der Waals surface area contributed by atoms with Crippen molar-refractivity contribution in [1.82, 2.24) is 10.1 Å². The average molecular weight is 245 g/mol. The Morgan fingerprint density at radius 3 is 3.25 bits per heavy atom. The fourth-order valence-corrected chi connectivity index (χ4v) is 2.18. The maximum Gasteiger partial charge on any atom is 0.252 e. The molecule has 0 spiro atoms. The van der Waals surface area contributed by atoms with E-state index in [1.54, 1.807) is 0 Å². The molecule has 0 aromatic carbocycles. The van der Waals surface area contributed by atoms with Crippen LogP contribution in [0.5, 0.6) is 0 Å². The lowest BCUT2D eigenvalue weighted by Gasteiger charge is -2.18. The Morgan fingerprint density at radius 1 is 1.56 bits per heavy atom. The third-order valence-electron chi connectivity index (χ3n) is 2.08. The van der Waals surface area contributed by atoms with Gasteiger partial charge in [0.15, 0.2) is 0 Å². The molecule has 1 aliphatic heterocycles. The molecule has 1 aromatic rings. The second-order valence-corrected chi connectivity index (χ2v) is 4.47. The Kier molecular flexibility index (Phi) is 4.58. The number of nitrogens with zero attached hydrogens (tertiary/aromatic N) is 2. The number of hydrogen-bond acceptors (Lipinski definition) is 7. The summed E-state index contributed by atoms with van der Waals surface area (Å²) in [6.07, 6.45) is -0.0502. The van der Waals surface area contributed by atoms with Gasteiger partial charge in [0.25, 0.3) is 5.89 Å². The molecule has 16 heavy (non-hydrogen) atoms.